The van der Waals surface area contributed by atoms with Crippen LogP contribution in [0.15, 0.2) is 29.5 Å². The van der Waals surface area contributed by atoms with E-state index in [2.05, 4.69) is 30.2 Å². The molecule has 1 atom stereocenters. The quantitative estimate of drug-likeness (QED) is 0.370. The zero-order valence-electron chi connectivity index (χ0n) is 15.3. The van der Waals surface area contributed by atoms with Crippen molar-refractivity contribution in [2.75, 3.05) is 16.8 Å². The van der Waals surface area contributed by atoms with E-state index in [9.17, 15) is 9.18 Å². The van der Waals surface area contributed by atoms with E-state index in [0.29, 0.717) is 0 Å². The molecule has 30 heavy (non-hydrogen) atoms. The van der Waals surface area contributed by atoms with Crippen molar-refractivity contribution in [2.45, 2.75) is 13.0 Å². The molecule has 0 unspecified atom stereocenters. The number of imidazole rings is 1. The van der Waals surface area contributed by atoms with Crippen molar-refractivity contribution in [1.29, 1.82) is 0 Å². The van der Waals surface area contributed by atoms with Gasteiger partial charge in [-0.05, 0) is 19.1 Å². The van der Waals surface area contributed by atoms with Gasteiger partial charge in [0.25, 0.3) is 5.56 Å². The third kappa shape index (κ3) is 3.37. The largest absolute Gasteiger partial charge is 0.382 e. The minimum Gasteiger partial charge on any atom is -0.382 e. The molecule has 0 bridgehead atoms. The Labute approximate surface area is 178 Å². The van der Waals surface area contributed by atoms with Crippen LogP contribution in [0.2, 0.25) is 10.0 Å². The molecule has 13 heteroatoms. The van der Waals surface area contributed by atoms with Crippen molar-refractivity contribution in [3.63, 3.8) is 0 Å². The molecule has 6 N–H and O–H groups in total. The Bertz CT molecular complexity index is 1320. The number of aromatic nitrogens is 6. The summed E-state index contributed by atoms with van der Waals surface area (Å²) in [5.41, 5.74) is 11.0. The zero-order valence-corrected chi connectivity index (χ0v) is 16.8. The molecule has 4 rings (SSSR count). The van der Waals surface area contributed by atoms with Crippen molar-refractivity contribution >= 4 is 51.7 Å². The van der Waals surface area contributed by atoms with Crippen molar-refractivity contribution in [3.05, 3.63) is 56.7 Å². The van der Waals surface area contributed by atoms with Crippen molar-refractivity contribution in [3.8, 4) is 5.82 Å². The Hall–Kier alpha value is -3.44. The van der Waals surface area contributed by atoms with Crippen LogP contribution >= 0.6 is 23.2 Å². The van der Waals surface area contributed by atoms with Gasteiger partial charge in [-0.3, -0.25) is 4.79 Å². The molecule has 3 heterocycles. The molecule has 0 radical (unpaired) electrons. The van der Waals surface area contributed by atoms with Crippen molar-refractivity contribution in [1.82, 2.24) is 29.5 Å². The molecule has 0 spiro atoms. The van der Waals surface area contributed by atoms with Crippen LogP contribution in [0.1, 0.15) is 18.8 Å². The summed E-state index contributed by atoms with van der Waals surface area (Å²) >= 11 is 12.3. The molecule has 0 saturated carbocycles. The zero-order chi connectivity index (χ0) is 21.6. The fraction of sp³-hybridized carbons (Fsp3) is 0.118. The van der Waals surface area contributed by atoms with E-state index < -0.39 is 17.4 Å². The number of halogens is 3. The lowest BCUT2D eigenvalue weighted by Crippen LogP contribution is -2.28. The van der Waals surface area contributed by atoms with Gasteiger partial charge in [-0.15, -0.1) is 0 Å². The molecule has 0 fully saturated rings. The number of nitrogen functional groups attached to an aromatic ring is 2. The summed E-state index contributed by atoms with van der Waals surface area (Å²) in [6.45, 7) is 1.71. The third-order valence-corrected chi connectivity index (χ3v) is 4.93. The Morgan fingerprint density at radius 2 is 2.00 bits per heavy atom. The highest BCUT2D eigenvalue weighted by Gasteiger charge is 2.22. The predicted molar refractivity (Wildman–Crippen MR) is 112 cm³/mol. The molecular formula is C17H14Cl2FN9O. The van der Waals surface area contributed by atoms with Crippen LogP contribution in [0, 0.1) is 5.82 Å². The van der Waals surface area contributed by atoms with Crippen molar-refractivity contribution in [2.24, 2.45) is 0 Å². The van der Waals surface area contributed by atoms with Crippen LogP contribution in [0.4, 0.5) is 22.0 Å². The number of aromatic amines is 1. The number of nitrogens with two attached hydrogens (primary N) is 2. The second-order valence-electron chi connectivity index (χ2n) is 6.32. The summed E-state index contributed by atoms with van der Waals surface area (Å²) < 4.78 is 15.1. The highest BCUT2D eigenvalue weighted by atomic mass is 35.5. The van der Waals surface area contributed by atoms with Gasteiger partial charge in [0.05, 0.1) is 28.3 Å². The lowest BCUT2D eigenvalue weighted by molar-refractivity contribution is 0.629. The van der Waals surface area contributed by atoms with Crippen LogP contribution in [0.5, 0.6) is 0 Å². The monoisotopic (exact) mass is 449 g/mol. The minimum atomic E-state index is -0.655. The highest BCUT2D eigenvalue weighted by molar-refractivity contribution is 6.35. The second kappa shape index (κ2) is 7.43. The van der Waals surface area contributed by atoms with Gasteiger partial charge in [0.2, 0.25) is 5.95 Å². The number of hydrogen-bond acceptors (Lipinski definition) is 8. The second-order valence-corrected chi connectivity index (χ2v) is 7.10. The van der Waals surface area contributed by atoms with Gasteiger partial charge >= 0.3 is 0 Å². The number of nitrogens with one attached hydrogen (secondary N) is 2. The summed E-state index contributed by atoms with van der Waals surface area (Å²) in [5, 5.41) is 3.08. The van der Waals surface area contributed by atoms with Crippen molar-refractivity contribution < 1.29 is 4.39 Å². The summed E-state index contributed by atoms with van der Waals surface area (Å²) in [5.74, 6) is -0.110. The first-order valence-corrected chi connectivity index (χ1v) is 9.27. The summed E-state index contributed by atoms with van der Waals surface area (Å²) in [6, 6.07) is 1.51. The van der Waals surface area contributed by atoms with Crippen LogP contribution in [0.25, 0.3) is 16.7 Å². The van der Waals surface area contributed by atoms with Gasteiger partial charge in [-0.2, -0.15) is 9.97 Å². The van der Waals surface area contributed by atoms with E-state index in [0.717, 1.165) is 12.1 Å². The number of hydrogen-bond donors (Lipinski definition) is 4. The van der Waals surface area contributed by atoms with E-state index in [4.69, 9.17) is 34.7 Å². The van der Waals surface area contributed by atoms with Crippen LogP contribution in [0.3, 0.4) is 0 Å². The average Bonchev–Trinajstić information content (AvgIpc) is 3.20. The van der Waals surface area contributed by atoms with Gasteiger partial charge < -0.3 is 21.8 Å². The molecule has 154 valence electrons. The normalized spacial score (nSPS) is 12.3. The van der Waals surface area contributed by atoms with Gasteiger partial charge in [0.15, 0.2) is 11.6 Å². The van der Waals surface area contributed by atoms with Gasteiger partial charge in [-0.1, -0.05) is 23.2 Å². The molecule has 10 nitrogen and oxygen atoms in total. The number of fused-ring (bicyclic) bond motifs is 1. The first-order chi connectivity index (χ1) is 14.3. The fourth-order valence-corrected chi connectivity index (χ4v) is 3.35. The predicted octanol–water partition coefficient (Wildman–Crippen LogP) is 2.68. The number of H-pyrrole nitrogens is 1. The van der Waals surface area contributed by atoms with Gasteiger partial charge in [0.1, 0.15) is 22.5 Å². The third-order valence-electron chi connectivity index (χ3n) is 4.26. The number of anilines is 3. The SMILES string of the molecule is C[C@H](Nc1nc(N)nc(N)c1Cl)c1nc2c(Cl)cc(F)cc2c(=O)n1-c1c[nH]cn1. The molecule has 3 aromatic heterocycles. The van der Waals surface area contributed by atoms with E-state index in [1.165, 1.54) is 17.1 Å². The Balaban J connectivity index is 1.93. The van der Waals surface area contributed by atoms with Crippen LogP contribution in [-0.4, -0.2) is 29.5 Å². The molecule has 1 aromatic carbocycles. The standard InChI is InChI=1S/C17H14Cl2FN9O/c1-6(25-14-11(19)13(21)27-17(22)28-14)15-26-12-8(2-7(20)3-9(12)18)16(30)29(15)10-4-23-5-24-10/h2-6H,1H3,(H,23,24)(H5,21,22,25,27,28)/t6-/m0/s1. The summed E-state index contributed by atoms with van der Waals surface area (Å²) in [7, 11) is 0. The maximum atomic E-state index is 13.9. The Morgan fingerprint density at radius 3 is 2.70 bits per heavy atom. The smallest absolute Gasteiger partial charge is 0.267 e. The maximum Gasteiger partial charge on any atom is 0.267 e. The number of rotatable bonds is 4. The highest BCUT2D eigenvalue weighted by Crippen LogP contribution is 2.30. The molecular weight excluding hydrogens is 436 g/mol. The summed E-state index contributed by atoms with van der Waals surface area (Å²) in [4.78, 5) is 32.4. The van der Waals surface area contributed by atoms with Crippen LogP contribution in [-0.2, 0) is 0 Å². The number of nitrogens with zero attached hydrogens (tertiary/aromatic N) is 5. The topological polar surface area (TPSA) is 153 Å². The molecule has 4 aromatic rings. The Kier molecular flexibility index (Phi) is 4.92. The van der Waals surface area contributed by atoms with Gasteiger partial charge in [-0.25, -0.2) is 18.9 Å². The van der Waals surface area contributed by atoms with E-state index in [1.807, 2.05) is 0 Å². The van der Waals surface area contributed by atoms with E-state index in [-0.39, 0.29) is 50.2 Å². The fourth-order valence-electron chi connectivity index (χ4n) is 2.97. The summed E-state index contributed by atoms with van der Waals surface area (Å²) in [6.07, 6.45) is 2.90. The molecule has 0 aliphatic carbocycles. The molecule has 0 aliphatic rings. The van der Waals surface area contributed by atoms with Crippen LogP contribution < -0.4 is 22.3 Å². The first-order valence-electron chi connectivity index (χ1n) is 8.52. The number of benzene rings is 1. The average molecular weight is 450 g/mol. The Morgan fingerprint density at radius 1 is 1.23 bits per heavy atom. The first kappa shape index (κ1) is 19.9. The molecule has 0 saturated heterocycles. The lowest BCUT2D eigenvalue weighted by Gasteiger charge is -2.20. The lowest BCUT2D eigenvalue weighted by atomic mass is 10.2. The molecule has 0 amide bonds. The van der Waals surface area contributed by atoms with E-state index >= 15 is 0 Å². The maximum absolute atomic E-state index is 13.9. The molecule has 0 aliphatic heterocycles. The van der Waals surface area contributed by atoms with E-state index in [1.54, 1.807) is 6.92 Å². The van der Waals surface area contributed by atoms with Gasteiger partial charge in [0, 0.05) is 6.20 Å². The minimum absolute atomic E-state index is 0.00159.